The molecule has 0 radical (unpaired) electrons. The number of benzene rings is 3. The third-order valence-corrected chi connectivity index (χ3v) is 5.55. The van der Waals surface area contributed by atoms with Gasteiger partial charge in [-0.3, -0.25) is 10.1 Å². The third kappa shape index (κ3) is 5.60. The first-order valence-corrected chi connectivity index (χ1v) is 11.8. The van der Waals surface area contributed by atoms with Crippen LogP contribution in [0.15, 0.2) is 59.0 Å². The van der Waals surface area contributed by atoms with Crippen molar-refractivity contribution >= 4 is 40.0 Å². The van der Waals surface area contributed by atoms with Gasteiger partial charge in [-0.25, -0.2) is 4.98 Å². The lowest BCUT2D eigenvalue weighted by molar-refractivity contribution is 0.0977. The van der Waals surface area contributed by atoms with Gasteiger partial charge in [-0.15, -0.1) is 0 Å². The van der Waals surface area contributed by atoms with Crippen molar-refractivity contribution in [2.24, 2.45) is 0 Å². The van der Waals surface area contributed by atoms with Gasteiger partial charge < -0.3 is 19.6 Å². The van der Waals surface area contributed by atoms with E-state index >= 15 is 0 Å². The molecule has 0 aliphatic carbocycles. The van der Waals surface area contributed by atoms with E-state index in [0.717, 1.165) is 17.5 Å². The van der Waals surface area contributed by atoms with Gasteiger partial charge in [0.25, 0.3) is 5.91 Å². The Morgan fingerprint density at radius 2 is 1.97 bits per heavy atom. The summed E-state index contributed by atoms with van der Waals surface area (Å²) in [6, 6.07) is 16.2. The van der Waals surface area contributed by atoms with Crippen molar-refractivity contribution in [3.8, 4) is 23.0 Å². The number of anilines is 1. The van der Waals surface area contributed by atoms with E-state index in [1.807, 2.05) is 32.0 Å². The summed E-state index contributed by atoms with van der Waals surface area (Å²) in [5.41, 5.74) is 4.54. The number of hydrogen-bond acceptors (Lipinski definition) is 6. The van der Waals surface area contributed by atoms with Gasteiger partial charge in [-0.2, -0.15) is 0 Å². The molecule has 4 rings (SSSR count). The number of phenols is 1. The number of nitrogens with one attached hydrogen (secondary N) is 2. The molecule has 0 unspecified atom stereocenters. The summed E-state index contributed by atoms with van der Waals surface area (Å²) in [5.74, 6) is 0.608. The monoisotopic (exact) mass is 489 g/mol. The summed E-state index contributed by atoms with van der Waals surface area (Å²) in [4.78, 5) is 17.2. The van der Waals surface area contributed by atoms with Crippen LogP contribution in [0.1, 0.15) is 42.3 Å². The van der Waals surface area contributed by atoms with Gasteiger partial charge in [-0.1, -0.05) is 19.1 Å². The van der Waals surface area contributed by atoms with E-state index in [1.54, 1.807) is 43.3 Å². The van der Waals surface area contributed by atoms with Crippen LogP contribution in [0.5, 0.6) is 11.5 Å². The summed E-state index contributed by atoms with van der Waals surface area (Å²) in [5, 5.41) is 16.5. The van der Waals surface area contributed by atoms with Gasteiger partial charge in [0.15, 0.2) is 10.7 Å². The molecule has 0 spiro atoms. The number of oxazole rings is 1. The average Bonchev–Trinajstić information content (AvgIpc) is 3.24. The van der Waals surface area contributed by atoms with Gasteiger partial charge in [-0.05, 0) is 93.0 Å². The molecule has 0 atom stereocenters. The molecular weight excluding hydrogens is 462 g/mol. The number of hydrogen-bond donors (Lipinski definition) is 3. The fraction of sp³-hybridized carbons (Fsp3) is 0.222. The molecule has 1 amide bonds. The molecule has 35 heavy (non-hydrogen) atoms. The van der Waals surface area contributed by atoms with Gasteiger partial charge in [0.1, 0.15) is 17.0 Å². The Bertz CT molecular complexity index is 1410. The second-order valence-electron chi connectivity index (χ2n) is 8.47. The molecule has 8 heteroatoms. The number of thiocarbonyl (C=S) groups is 1. The maximum absolute atomic E-state index is 12.7. The molecule has 0 saturated carbocycles. The van der Waals surface area contributed by atoms with Crippen molar-refractivity contribution in [1.29, 1.82) is 0 Å². The topological polar surface area (TPSA) is 96.6 Å². The quantitative estimate of drug-likeness (QED) is 0.226. The Labute approximate surface area is 209 Å². The van der Waals surface area contributed by atoms with E-state index in [2.05, 4.69) is 22.5 Å². The first-order valence-electron chi connectivity index (χ1n) is 11.4. The van der Waals surface area contributed by atoms with Gasteiger partial charge in [0.2, 0.25) is 5.89 Å². The predicted molar refractivity (Wildman–Crippen MR) is 141 cm³/mol. The van der Waals surface area contributed by atoms with E-state index in [0.29, 0.717) is 39.6 Å². The molecule has 180 valence electrons. The van der Waals surface area contributed by atoms with E-state index in [9.17, 15) is 9.90 Å². The number of rotatable bonds is 6. The van der Waals surface area contributed by atoms with Crippen LogP contribution < -0.4 is 15.4 Å². The maximum Gasteiger partial charge on any atom is 0.257 e. The number of nitrogens with zero attached hydrogens (tertiary/aromatic N) is 1. The SMILES string of the molecule is CCc1ccc2oc(-c3cc(NC(=S)NC(=O)c4cccc(OC(C)C)c4)cc(C)c3O)nc2c1. The fourth-order valence-corrected chi connectivity index (χ4v) is 3.85. The van der Waals surface area contributed by atoms with Crippen LogP contribution in [0.4, 0.5) is 5.69 Å². The van der Waals surface area contributed by atoms with Crippen molar-refractivity contribution in [3.05, 3.63) is 71.3 Å². The summed E-state index contributed by atoms with van der Waals surface area (Å²) < 4.78 is 11.5. The standard InChI is InChI=1S/C27H27N3O4S/c1-5-17-9-10-23-22(12-17)29-26(34-23)21-14-19(11-16(4)24(21)31)28-27(35)30-25(32)18-7-6-8-20(13-18)33-15(2)3/h6-15,31H,5H2,1-4H3,(H2,28,30,32,35). The lowest BCUT2D eigenvalue weighted by Gasteiger charge is -2.13. The number of aromatic nitrogens is 1. The Kier molecular flexibility index (Phi) is 7.02. The zero-order chi connectivity index (χ0) is 25.1. The number of aryl methyl sites for hydroxylation is 2. The lowest BCUT2D eigenvalue weighted by atomic mass is 10.1. The summed E-state index contributed by atoms with van der Waals surface area (Å²) in [6.45, 7) is 7.68. The molecule has 0 saturated heterocycles. The number of phenolic OH excluding ortho intramolecular Hbond substituents is 1. The predicted octanol–water partition coefficient (Wildman–Crippen LogP) is 5.99. The van der Waals surface area contributed by atoms with Gasteiger partial charge in [0, 0.05) is 11.3 Å². The molecule has 7 nitrogen and oxygen atoms in total. The minimum absolute atomic E-state index is 0.00192. The maximum atomic E-state index is 12.7. The zero-order valence-corrected chi connectivity index (χ0v) is 20.8. The Morgan fingerprint density at radius 3 is 2.71 bits per heavy atom. The van der Waals surface area contributed by atoms with Crippen LogP contribution in [0.25, 0.3) is 22.6 Å². The third-order valence-electron chi connectivity index (χ3n) is 5.34. The molecule has 4 aromatic rings. The van der Waals surface area contributed by atoms with E-state index in [-0.39, 0.29) is 22.9 Å². The fourth-order valence-electron chi connectivity index (χ4n) is 3.64. The highest BCUT2D eigenvalue weighted by molar-refractivity contribution is 7.80. The van der Waals surface area contributed by atoms with Crippen molar-refractivity contribution < 1.29 is 19.1 Å². The van der Waals surface area contributed by atoms with E-state index < -0.39 is 0 Å². The zero-order valence-electron chi connectivity index (χ0n) is 20.0. The molecule has 0 bridgehead atoms. The van der Waals surface area contributed by atoms with E-state index in [1.165, 1.54) is 0 Å². The Morgan fingerprint density at radius 1 is 1.17 bits per heavy atom. The molecular formula is C27H27N3O4S. The number of carbonyl (C=O) groups is 1. The van der Waals surface area contributed by atoms with Crippen LogP contribution in [-0.2, 0) is 6.42 Å². The number of fused-ring (bicyclic) bond motifs is 1. The summed E-state index contributed by atoms with van der Waals surface area (Å²) in [7, 11) is 0. The minimum atomic E-state index is -0.363. The van der Waals surface area contributed by atoms with Gasteiger partial charge >= 0.3 is 0 Å². The molecule has 0 aliphatic heterocycles. The molecule has 3 aromatic carbocycles. The largest absolute Gasteiger partial charge is 0.507 e. The highest BCUT2D eigenvalue weighted by atomic mass is 32.1. The lowest BCUT2D eigenvalue weighted by Crippen LogP contribution is -2.34. The van der Waals surface area contributed by atoms with Crippen LogP contribution in [0, 0.1) is 6.92 Å². The van der Waals surface area contributed by atoms with Crippen LogP contribution in [0.2, 0.25) is 0 Å². The van der Waals surface area contributed by atoms with Crippen LogP contribution in [0.3, 0.4) is 0 Å². The van der Waals surface area contributed by atoms with E-state index in [4.69, 9.17) is 21.4 Å². The molecule has 1 heterocycles. The molecule has 0 aliphatic rings. The van der Waals surface area contributed by atoms with Crippen molar-refractivity contribution in [1.82, 2.24) is 10.3 Å². The van der Waals surface area contributed by atoms with Crippen LogP contribution >= 0.6 is 12.2 Å². The van der Waals surface area contributed by atoms with Crippen molar-refractivity contribution in [3.63, 3.8) is 0 Å². The highest BCUT2D eigenvalue weighted by Gasteiger charge is 2.17. The summed E-state index contributed by atoms with van der Waals surface area (Å²) >= 11 is 5.36. The first kappa shape index (κ1) is 24.2. The van der Waals surface area contributed by atoms with Crippen molar-refractivity contribution in [2.45, 2.75) is 40.2 Å². The highest BCUT2D eigenvalue weighted by Crippen LogP contribution is 2.36. The number of amides is 1. The smallest absolute Gasteiger partial charge is 0.257 e. The normalized spacial score (nSPS) is 11.0. The molecule has 0 fully saturated rings. The second kappa shape index (κ2) is 10.1. The second-order valence-corrected chi connectivity index (χ2v) is 8.87. The first-order chi connectivity index (χ1) is 16.7. The average molecular weight is 490 g/mol. The number of aromatic hydroxyl groups is 1. The number of ether oxygens (including phenoxy) is 1. The minimum Gasteiger partial charge on any atom is -0.507 e. The van der Waals surface area contributed by atoms with Crippen molar-refractivity contribution in [2.75, 3.05) is 5.32 Å². The Balaban J connectivity index is 1.53. The van der Waals surface area contributed by atoms with Crippen LogP contribution in [-0.4, -0.2) is 27.2 Å². The summed E-state index contributed by atoms with van der Waals surface area (Å²) in [6.07, 6.45) is 0.887. The Hall–Kier alpha value is -3.91. The van der Waals surface area contributed by atoms with Gasteiger partial charge in [0.05, 0.1) is 11.7 Å². The molecule has 3 N–H and O–H groups in total. The number of carbonyl (C=O) groups excluding carboxylic acids is 1. The molecule has 1 aromatic heterocycles.